The summed E-state index contributed by atoms with van der Waals surface area (Å²) in [7, 11) is 0. The molecule has 1 aliphatic rings. The molecule has 2 aromatic rings. The Morgan fingerprint density at radius 2 is 2.00 bits per heavy atom. The van der Waals surface area contributed by atoms with Crippen LogP contribution in [-0.2, 0) is 6.42 Å². The van der Waals surface area contributed by atoms with Crippen molar-refractivity contribution >= 4 is 27.7 Å². The molecule has 0 fully saturated rings. The molecule has 1 aromatic heterocycles. The highest BCUT2D eigenvalue weighted by atomic mass is 79.9. The minimum Gasteiger partial charge on any atom is -0.507 e. The zero-order valence-corrected chi connectivity index (χ0v) is 12.5. The number of benzene rings is 1. The Morgan fingerprint density at radius 1 is 1.19 bits per heavy atom. The third kappa shape index (κ3) is 2.42. The standard InChI is InChI=1S/C15H11BrN2O3/c16-11-8-9(3-4-12(11)19)5-7-18-14(20)10-2-1-6-17-13(10)15(18)21/h1-4,6,8,19H,5,7H2. The van der Waals surface area contributed by atoms with Gasteiger partial charge in [0.05, 0.1) is 10.0 Å². The smallest absolute Gasteiger partial charge is 0.280 e. The van der Waals surface area contributed by atoms with Crippen LogP contribution in [0.5, 0.6) is 5.75 Å². The fourth-order valence-corrected chi connectivity index (χ4v) is 2.69. The summed E-state index contributed by atoms with van der Waals surface area (Å²) < 4.78 is 0.587. The largest absolute Gasteiger partial charge is 0.507 e. The topological polar surface area (TPSA) is 70.5 Å². The van der Waals surface area contributed by atoms with E-state index >= 15 is 0 Å². The van der Waals surface area contributed by atoms with Gasteiger partial charge in [-0.25, -0.2) is 0 Å². The molecule has 1 aromatic carbocycles. The monoisotopic (exact) mass is 346 g/mol. The number of phenolic OH excluding ortho intramolecular Hbond substituents is 1. The van der Waals surface area contributed by atoms with E-state index in [2.05, 4.69) is 20.9 Å². The van der Waals surface area contributed by atoms with Crippen LogP contribution < -0.4 is 0 Å². The molecule has 2 amide bonds. The number of carbonyl (C=O) groups excluding carboxylic acids is 2. The SMILES string of the molecule is O=C1c2cccnc2C(=O)N1CCc1ccc(O)c(Br)c1. The first-order valence-electron chi connectivity index (χ1n) is 6.36. The molecule has 6 heteroatoms. The van der Waals surface area contributed by atoms with Crippen molar-refractivity contribution in [2.75, 3.05) is 6.54 Å². The number of halogens is 1. The highest BCUT2D eigenvalue weighted by Crippen LogP contribution is 2.25. The molecule has 0 spiro atoms. The van der Waals surface area contributed by atoms with E-state index in [9.17, 15) is 14.7 Å². The molecule has 0 bridgehead atoms. The lowest BCUT2D eigenvalue weighted by Crippen LogP contribution is -2.31. The molecule has 21 heavy (non-hydrogen) atoms. The van der Waals surface area contributed by atoms with Gasteiger partial charge in [0.1, 0.15) is 11.4 Å². The minimum absolute atomic E-state index is 0.156. The van der Waals surface area contributed by atoms with Gasteiger partial charge in [-0.3, -0.25) is 19.5 Å². The Bertz CT molecular complexity index is 710. The van der Waals surface area contributed by atoms with Crippen LogP contribution in [0.4, 0.5) is 0 Å². The van der Waals surface area contributed by atoms with E-state index in [1.54, 1.807) is 30.3 Å². The van der Waals surface area contributed by atoms with Gasteiger partial charge in [-0.2, -0.15) is 0 Å². The van der Waals surface area contributed by atoms with Gasteiger partial charge < -0.3 is 5.11 Å². The molecule has 0 atom stereocenters. The number of phenols is 1. The van der Waals surface area contributed by atoms with Gasteiger partial charge in [-0.1, -0.05) is 6.07 Å². The molecule has 3 rings (SSSR count). The fourth-order valence-electron chi connectivity index (χ4n) is 2.26. The molecule has 1 N–H and O–H groups in total. The lowest BCUT2D eigenvalue weighted by molar-refractivity contribution is 0.0654. The summed E-state index contributed by atoms with van der Waals surface area (Å²) in [5, 5.41) is 9.45. The maximum Gasteiger partial charge on any atom is 0.280 e. The predicted molar refractivity (Wildman–Crippen MR) is 79.1 cm³/mol. The zero-order chi connectivity index (χ0) is 15.0. The summed E-state index contributed by atoms with van der Waals surface area (Å²) in [4.78, 5) is 29.5. The molecule has 0 saturated heterocycles. The molecule has 0 radical (unpaired) electrons. The van der Waals surface area contributed by atoms with Gasteiger partial charge >= 0.3 is 0 Å². The Kier molecular flexibility index (Phi) is 3.47. The number of pyridine rings is 1. The summed E-state index contributed by atoms with van der Waals surface area (Å²) in [5.74, 6) is -0.502. The van der Waals surface area contributed by atoms with Crippen molar-refractivity contribution in [2.24, 2.45) is 0 Å². The lowest BCUT2D eigenvalue weighted by Gasteiger charge is -2.13. The van der Waals surface area contributed by atoms with Crippen LogP contribution in [0.2, 0.25) is 0 Å². The van der Waals surface area contributed by atoms with Crippen LogP contribution in [-0.4, -0.2) is 33.3 Å². The average Bonchev–Trinajstić information content (AvgIpc) is 2.73. The molecule has 106 valence electrons. The zero-order valence-electron chi connectivity index (χ0n) is 10.9. The van der Waals surface area contributed by atoms with E-state index in [0.29, 0.717) is 16.5 Å². The third-order valence-corrected chi connectivity index (χ3v) is 4.00. The van der Waals surface area contributed by atoms with Gasteiger partial charge in [-0.05, 0) is 52.2 Å². The first-order chi connectivity index (χ1) is 10.1. The number of amides is 2. The van der Waals surface area contributed by atoms with E-state index in [4.69, 9.17) is 0 Å². The number of aromatic hydroxyl groups is 1. The summed E-state index contributed by atoms with van der Waals surface area (Å²) in [6.45, 7) is 0.283. The first kappa shape index (κ1) is 13.8. The van der Waals surface area contributed by atoms with Gasteiger partial charge in [0.15, 0.2) is 0 Å². The number of hydrogen-bond acceptors (Lipinski definition) is 4. The quantitative estimate of drug-likeness (QED) is 0.866. The van der Waals surface area contributed by atoms with E-state index in [1.807, 2.05) is 0 Å². The number of hydrogen-bond donors (Lipinski definition) is 1. The second kappa shape index (κ2) is 5.29. The maximum absolute atomic E-state index is 12.2. The number of nitrogens with zero attached hydrogens (tertiary/aromatic N) is 2. The van der Waals surface area contributed by atoms with Crippen molar-refractivity contribution in [3.8, 4) is 5.75 Å². The maximum atomic E-state index is 12.2. The van der Waals surface area contributed by atoms with Gasteiger partial charge in [-0.15, -0.1) is 0 Å². The van der Waals surface area contributed by atoms with Crippen LogP contribution in [0.15, 0.2) is 41.0 Å². The first-order valence-corrected chi connectivity index (χ1v) is 7.16. The fraction of sp³-hybridized carbons (Fsp3) is 0.133. The van der Waals surface area contributed by atoms with Crippen molar-refractivity contribution in [1.82, 2.24) is 9.88 Å². The number of rotatable bonds is 3. The summed E-state index contributed by atoms with van der Waals surface area (Å²) >= 11 is 3.24. The van der Waals surface area contributed by atoms with Gasteiger partial charge in [0.2, 0.25) is 0 Å². The van der Waals surface area contributed by atoms with Crippen molar-refractivity contribution in [3.05, 3.63) is 57.8 Å². The van der Waals surface area contributed by atoms with Gasteiger partial charge in [0, 0.05) is 12.7 Å². The highest BCUT2D eigenvalue weighted by molar-refractivity contribution is 9.10. The number of carbonyl (C=O) groups is 2. The van der Waals surface area contributed by atoms with E-state index in [0.717, 1.165) is 5.56 Å². The molecule has 5 nitrogen and oxygen atoms in total. The summed E-state index contributed by atoms with van der Waals surface area (Å²) in [6, 6.07) is 8.36. The summed E-state index contributed by atoms with van der Waals surface area (Å²) in [6.07, 6.45) is 2.02. The number of fused-ring (bicyclic) bond motifs is 1. The predicted octanol–water partition coefficient (Wildman–Crippen LogP) is 2.39. The number of aromatic nitrogens is 1. The van der Waals surface area contributed by atoms with Crippen LogP contribution in [0.1, 0.15) is 26.4 Å². The van der Waals surface area contributed by atoms with Crippen LogP contribution >= 0.6 is 15.9 Å². The highest BCUT2D eigenvalue weighted by Gasteiger charge is 2.36. The second-order valence-corrected chi connectivity index (χ2v) is 5.55. The second-order valence-electron chi connectivity index (χ2n) is 4.70. The van der Waals surface area contributed by atoms with E-state index < -0.39 is 0 Å². The Balaban J connectivity index is 1.76. The van der Waals surface area contributed by atoms with Crippen molar-refractivity contribution in [3.63, 3.8) is 0 Å². The Labute approximate surface area is 129 Å². The molecule has 0 saturated carbocycles. The molecule has 1 aliphatic heterocycles. The summed E-state index contributed by atoms with van der Waals surface area (Å²) in [5.41, 5.74) is 1.49. The van der Waals surface area contributed by atoms with Crippen molar-refractivity contribution in [2.45, 2.75) is 6.42 Å². The van der Waals surface area contributed by atoms with Gasteiger partial charge in [0.25, 0.3) is 11.8 Å². The van der Waals surface area contributed by atoms with Crippen molar-refractivity contribution in [1.29, 1.82) is 0 Å². The van der Waals surface area contributed by atoms with Crippen LogP contribution in [0, 0.1) is 0 Å². The molecule has 0 unspecified atom stereocenters. The van der Waals surface area contributed by atoms with E-state index in [1.165, 1.54) is 11.1 Å². The number of imide groups is 1. The lowest BCUT2D eigenvalue weighted by atomic mass is 10.1. The minimum atomic E-state index is -0.353. The molecular formula is C15H11BrN2O3. The van der Waals surface area contributed by atoms with Crippen molar-refractivity contribution < 1.29 is 14.7 Å². The van der Waals surface area contributed by atoms with E-state index in [-0.39, 0.29) is 29.8 Å². The Hall–Kier alpha value is -2.21. The average molecular weight is 347 g/mol. The normalized spacial score (nSPS) is 13.7. The molecule has 0 aliphatic carbocycles. The molecular weight excluding hydrogens is 336 g/mol. The molecule has 2 heterocycles. The van der Waals surface area contributed by atoms with Crippen LogP contribution in [0.25, 0.3) is 0 Å². The Morgan fingerprint density at radius 3 is 2.71 bits per heavy atom. The third-order valence-electron chi connectivity index (χ3n) is 3.37. The van der Waals surface area contributed by atoms with Crippen LogP contribution in [0.3, 0.4) is 0 Å².